The minimum absolute atomic E-state index is 0.153. The van der Waals surface area contributed by atoms with Crippen LogP contribution < -0.4 is 0 Å². The van der Waals surface area contributed by atoms with Crippen LogP contribution in [0.25, 0.3) is 0 Å². The number of likely N-dealkylation sites (tertiary alicyclic amines) is 1. The van der Waals surface area contributed by atoms with Crippen molar-refractivity contribution in [3.63, 3.8) is 0 Å². The molecule has 7 nitrogen and oxygen atoms in total. The van der Waals surface area contributed by atoms with E-state index < -0.39 is 0 Å². The van der Waals surface area contributed by atoms with Crippen molar-refractivity contribution in [3.8, 4) is 0 Å². The number of aromatic nitrogens is 2. The summed E-state index contributed by atoms with van der Waals surface area (Å²) >= 11 is 0. The lowest BCUT2D eigenvalue weighted by Crippen LogP contribution is -2.40. The molecule has 2 heterocycles. The Hall–Kier alpha value is -1.47. The highest BCUT2D eigenvalue weighted by Crippen LogP contribution is 2.16. The Balaban J connectivity index is 1.69. The van der Waals surface area contributed by atoms with Gasteiger partial charge in [0.15, 0.2) is 5.82 Å². The summed E-state index contributed by atoms with van der Waals surface area (Å²) in [6.07, 6.45) is 3.07. The summed E-state index contributed by atoms with van der Waals surface area (Å²) in [6.45, 7) is 4.32. The number of carbonyl (C=O) groups excluding carboxylic acids is 1. The van der Waals surface area contributed by atoms with E-state index >= 15 is 0 Å². The average Bonchev–Trinajstić information content (AvgIpc) is 2.98. The topological polar surface area (TPSA) is 77.7 Å². The van der Waals surface area contributed by atoms with Gasteiger partial charge in [-0.25, -0.2) is 0 Å². The van der Waals surface area contributed by atoms with Crippen molar-refractivity contribution < 1.29 is 18.8 Å². The molecule has 0 N–H and O–H groups in total. The van der Waals surface area contributed by atoms with Crippen molar-refractivity contribution in [2.24, 2.45) is 0 Å². The second-order valence-corrected chi connectivity index (χ2v) is 5.09. The predicted molar refractivity (Wildman–Crippen MR) is 74.6 cm³/mol. The fourth-order valence-corrected chi connectivity index (χ4v) is 2.33. The van der Waals surface area contributed by atoms with Crippen LogP contribution in [0, 0.1) is 0 Å². The van der Waals surface area contributed by atoms with E-state index in [1.54, 1.807) is 7.11 Å². The lowest BCUT2D eigenvalue weighted by Gasteiger charge is -2.31. The van der Waals surface area contributed by atoms with E-state index in [4.69, 9.17) is 14.0 Å². The molecular weight excluding hydrogens is 274 g/mol. The highest BCUT2D eigenvalue weighted by Gasteiger charge is 2.22. The standard InChI is InChI=1S/C14H23N3O4/c1-3-14(18)17-7-4-11(5-8-17)20-10-13-15-12(16-21-13)6-9-19-2/h11H,3-10H2,1-2H3. The van der Waals surface area contributed by atoms with Crippen LogP contribution in [0.15, 0.2) is 4.52 Å². The van der Waals surface area contributed by atoms with Crippen LogP contribution in [-0.2, 0) is 27.3 Å². The van der Waals surface area contributed by atoms with Gasteiger partial charge >= 0.3 is 0 Å². The molecule has 1 saturated heterocycles. The van der Waals surface area contributed by atoms with Crippen molar-refractivity contribution in [2.75, 3.05) is 26.8 Å². The lowest BCUT2D eigenvalue weighted by atomic mass is 10.1. The summed E-state index contributed by atoms with van der Waals surface area (Å²) in [5, 5.41) is 3.86. The molecule has 118 valence electrons. The van der Waals surface area contributed by atoms with Crippen LogP contribution in [-0.4, -0.2) is 53.9 Å². The van der Waals surface area contributed by atoms with Gasteiger partial charge in [0.2, 0.25) is 5.91 Å². The molecule has 0 unspecified atom stereocenters. The number of ether oxygens (including phenoxy) is 2. The summed E-state index contributed by atoms with van der Waals surface area (Å²) in [4.78, 5) is 17.7. The van der Waals surface area contributed by atoms with Crippen molar-refractivity contribution in [1.82, 2.24) is 15.0 Å². The van der Waals surface area contributed by atoms with Crippen LogP contribution >= 0.6 is 0 Å². The first-order valence-electron chi connectivity index (χ1n) is 7.42. The van der Waals surface area contributed by atoms with Crippen LogP contribution in [0.5, 0.6) is 0 Å². The minimum Gasteiger partial charge on any atom is -0.384 e. The average molecular weight is 297 g/mol. The molecule has 21 heavy (non-hydrogen) atoms. The summed E-state index contributed by atoms with van der Waals surface area (Å²) in [7, 11) is 1.64. The Labute approximate surface area is 124 Å². The number of nitrogens with zero attached hydrogens (tertiary/aromatic N) is 3. The third-order valence-electron chi connectivity index (χ3n) is 3.58. The molecule has 0 aromatic carbocycles. The molecule has 1 aliphatic heterocycles. The monoisotopic (exact) mass is 297 g/mol. The number of hydrogen-bond acceptors (Lipinski definition) is 6. The summed E-state index contributed by atoms with van der Waals surface area (Å²) in [6, 6.07) is 0. The maximum atomic E-state index is 11.6. The lowest BCUT2D eigenvalue weighted by molar-refractivity contribution is -0.133. The zero-order valence-corrected chi connectivity index (χ0v) is 12.7. The van der Waals surface area contributed by atoms with Gasteiger partial charge < -0.3 is 18.9 Å². The zero-order chi connectivity index (χ0) is 15.1. The van der Waals surface area contributed by atoms with Gasteiger partial charge in [0.05, 0.1) is 12.7 Å². The molecule has 1 aromatic heterocycles. The van der Waals surface area contributed by atoms with Gasteiger partial charge in [-0.05, 0) is 12.8 Å². The van der Waals surface area contributed by atoms with Gasteiger partial charge in [-0.15, -0.1) is 0 Å². The van der Waals surface area contributed by atoms with E-state index in [2.05, 4.69) is 10.1 Å². The molecule has 1 amide bonds. The predicted octanol–water partition coefficient (Wildman–Crippen LogP) is 1.18. The van der Waals surface area contributed by atoms with E-state index in [0.717, 1.165) is 25.9 Å². The molecule has 0 bridgehead atoms. The molecule has 1 aliphatic rings. The highest BCUT2D eigenvalue weighted by molar-refractivity contribution is 5.75. The van der Waals surface area contributed by atoms with Gasteiger partial charge in [-0.2, -0.15) is 4.98 Å². The van der Waals surface area contributed by atoms with Gasteiger partial charge in [0.1, 0.15) is 6.61 Å². The number of hydrogen-bond donors (Lipinski definition) is 0. The second kappa shape index (κ2) is 8.09. The Bertz CT molecular complexity index is 441. The normalized spacial score (nSPS) is 16.4. The first-order valence-corrected chi connectivity index (χ1v) is 7.42. The molecule has 0 saturated carbocycles. The first kappa shape index (κ1) is 15.9. The quantitative estimate of drug-likeness (QED) is 0.752. The molecular formula is C14H23N3O4. The second-order valence-electron chi connectivity index (χ2n) is 5.09. The maximum absolute atomic E-state index is 11.6. The fourth-order valence-electron chi connectivity index (χ4n) is 2.33. The summed E-state index contributed by atoms with van der Waals surface area (Å²) < 4.78 is 15.9. The summed E-state index contributed by atoms with van der Waals surface area (Å²) in [5.74, 6) is 1.35. The van der Waals surface area contributed by atoms with Crippen LogP contribution in [0.3, 0.4) is 0 Å². The van der Waals surface area contributed by atoms with E-state index in [0.29, 0.717) is 37.8 Å². The van der Waals surface area contributed by atoms with Gasteiger partial charge in [0.25, 0.3) is 5.89 Å². The number of methoxy groups -OCH3 is 1. The smallest absolute Gasteiger partial charge is 0.252 e. The SMILES string of the molecule is CCC(=O)N1CCC(OCc2nc(CCOC)no2)CC1. The van der Waals surface area contributed by atoms with Crippen LogP contribution in [0.2, 0.25) is 0 Å². The van der Waals surface area contributed by atoms with Gasteiger partial charge in [-0.1, -0.05) is 12.1 Å². The van der Waals surface area contributed by atoms with E-state index in [1.165, 1.54) is 0 Å². The number of piperidine rings is 1. The van der Waals surface area contributed by atoms with Crippen LogP contribution in [0.1, 0.15) is 37.9 Å². The number of rotatable bonds is 7. The Morgan fingerprint density at radius 3 is 2.86 bits per heavy atom. The molecule has 2 rings (SSSR count). The molecule has 0 spiro atoms. The van der Waals surface area contributed by atoms with E-state index in [-0.39, 0.29) is 12.0 Å². The van der Waals surface area contributed by atoms with E-state index in [9.17, 15) is 4.79 Å². The van der Waals surface area contributed by atoms with Gasteiger partial charge in [0, 0.05) is 33.0 Å². The molecule has 1 fully saturated rings. The highest BCUT2D eigenvalue weighted by atomic mass is 16.5. The molecule has 7 heteroatoms. The molecule has 1 aromatic rings. The Morgan fingerprint density at radius 2 is 2.19 bits per heavy atom. The molecule has 0 radical (unpaired) electrons. The third kappa shape index (κ3) is 4.78. The minimum atomic E-state index is 0.153. The molecule has 0 atom stereocenters. The fraction of sp³-hybridized carbons (Fsp3) is 0.786. The maximum Gasteiger partial charge on any atom is 0.252 e. The Kier molecular flexibility index (Phi) is 6.13. The molecule has 0 aliphatic carbocycles. The first-order chi connectivity index (χ1) is 10.2. The van der Waals surface area contributed by atoms with Crippen LogP contribution in [0.4, 0.5) is 0 Å². The third-order valence-corrected chi connectivity index (χ3v) is 3.58. The van der Waals surface area contributed by atoms with Crippen molar-refractivity contribution in [3.05, 3.63) is 11.7 Å². The summed E-state index contributed by atoms with van der Waals surface area (Å²) in [5.41, 5.74) is 0. The van der Waals surface area contributed by atoms with E-state index in [1.807, 2.05) is 11.8 Å². The van der Waals surface area contributed by atoms with Crippen molar-refractivity contribution in [1.29, 1.82) is 0 Å². The number of carbonyl (C=O) groups is 1. The number of amides is 1. The zero-order valence-electron chi connectivity index (χ0n) is 12.7. The Morgan fingerprint density at radius 1 is 1.43 bits per heavy atom. The van der Waals surface area contributed by atoms with Crippen molar-refractivity contribution >= 4 is 5.91 Å². The van der Waals surface area contributed by atoms with Gasteiger partial charge in [-0.3, -0.25) is 4.79 Å². The van der Waals surface area contributed by atoms with Crippen molar-refractivity contribution in [2.45, 2.75) is 45.3 Å². The largest absolute Gasteiger partial charge is 0.384 e.